The molecule has 1 saturated heterocycles. The smallest absolute Gasteiger partial charge is 0.244 e. The van der Waals surface area contributed by atoms with Gasteiger partial charge in [-0.05, 0) is 33.3 Å². The van der Waals surface area contributed by atoms with E-state index in [1.54, 1.807) is 20.0 Å². The van der Waals surface area contributed by atoms with Gasteiger partial charge < -0.3 is 13.7 Å². The molecular weight excluding hydrogens is 318 g/mol. The normalized spacial score (nSPS) is 21.9. The maximum atomic E-state index is 12.6. The quantitative estimate of drug-likeness (QED) is 0.899. The molecule has 1 N–H and O–H groups in total. The highest BCUT2D eigenvalue weighted by atomic mass is 32.2. The van der Waals surface area contributed by atoms with Crippen LogP contribution in [-0.4, -0.2) is 30.6 Å². The largest absolute Gasteiger partial charge is 0.465 e. The molecule has 126 valence electrons. The SMILES string of the molecule is CCn1ccnc1[C@H]1OCC[C@@H]1NS(=O)(=O)c1cc(C)oc1C. The average Bonchev–Trinajstić information content (AvgIpc) is 3.17. The molecule has 0 radical (unpaired) electrons. The Bertz CT molecular complexity index is 794. The Balaban J connectivity index is 1.85. The first-order valence-corrected chi connectivity index (χ1v) is 9.12. The van der Waals surface area contributed by atoms with Gasteiger partial charge in [0.2, 0.25) is 10.0 Å². The molecule has 0 unspecified atom stereocenters. The van der Waals surface area contributed by atoms with Crippen LogP contribution in [0.4, 0.5) is 0 Å². The van der Waals surface area contributed by atoms with Crippen molar-refractivity contribution in [1.29, 1.82) is 0 Å². The number of sulfonamides is 1. The van der Waals surface area contributed by atoms with E-state index in [9.17, 15) is 8.42 Å². The van der Waals surface area contributed by atoms with Crippen molar-refractivity contribution in [2.75, 3.05) is 6.61 Å². The van der Waals surface area contributed by atoms with Crippen molar-refractivity contribution < 1.29 is 17.6 Å². The summed E-state index contributed by atoms with van der Waals surface area (Å²) in [5.74, 6) is 1.71. The Morgan fingerprint density at radius 3 is 2.87 bits per heavy atom. The number of nitrogens with zero attached hydrogens (tertiary/aromatic N) is 2. The molecule has 1 fully saturated rings. The van der Waals surface area contributed by atoms with Gasteiger partial charge in [0, 0.05) is 25.5 Å². The van der Waals surface area contributed by atoms with Crippen LogP contribution >= 0.6 is 0 Å². The van der Waals surface area contributed by atoms with Gasteiger partial charge in [-0.2, -0.15) is 0 Å². The number of aromatic nitrogens is 2. The van der Waals surface area contributed by atoms with E-state index in [1.807, 2.05) is 17.7 Å². The van der Waals surface area contributed by atoms with Crippen molar-refractivity contribution in [3.05, 3.63) is 35.8 Å². The minimum absolute atomic E-state index is 0.180. The Morgan fingerprint density at radius 2 is 2.22 bits per heavy atom. The van der Waals surface area contributed by atoms with Crippen LogP contribution < -0.4 is 4.72 Å². The van der Waals surface area contributed by atoms with E-state index in [2.05, 4.69) is 9.71 Å². The van der Waals surface area contributed by atoms with E-state index in [-0.39, 0.29) is 17.0 Å². The molecule has 1 aliphatic heterocycles. The Kier molecular flexibility index (Phi) is 4.31. The summed E-state index contributed by atoms with van der Waals surface area (Å²) < 4.78 is 41.1. The van der Waals surface area contributed by atoms with Crippen molar-refractivity contribution in [3.8, 4) is 0 Å². The van der Waals surface area contributed by atoms with Gasteiger partial charge in [0.25, 0.3) is 0 Å². The number of furan rings is 1. The standard InChI is InChI=1S/C15H21N3O4S/c1-4-18-7-6-16-15(18)14-12(5-8-21-14)17-23(19,20)13-9-10(2)22-11(13)3/h6-7,9,12,14,17H,4-5,8H2,1-3H3/t12-,14-/m0/s1. The first-order chi connectivity index (χ1) is 10.9. The van der Waals surface area contributed by atoms with Crippen molar-refractivity contribution in [2.45, 2.75) is 50.8 Å². The number of rotatable bonds is 5. The first-order valence-electron chi connectivity index (χ1n) is 7.64. The fourth-order valence-corrected chi connectivity index (χ4v) is 4.45. The third kappa shape index (κ3) is 3.06. The lowest BCUT2D eigenvalue weighted by molar-refractivity contribution is 0.0925. The fourth-order valence-electron chi connectivity index (χ4n) is 2.95. The zero-order valence-electron chi connectivity index (χ0n) is 13.4. The number of hydrogen-bond donors (Lipinski definition) is 1. The minimum atomic E-state index is -3.66. The molecule has 23 heavy (non-hydrogen) atoms. The molecule has 0 amide bonds. The van der Waals surface area contributed by atoms with Crippen LogP contribution in [0.3, 0.4) is 0 Å². The monoisotopic (exact) mass is 339 g/mol. The first kappa shape index (κ1) is 16.2. The van der Waals surface area contributed by atoms with Crippen LogP contribution in [0.25, 0.3) is 0 Å². The van der Waals surface area contributed by atoms with Crippen molar-refractivity contribution >= 4 is 10.0 Å². The van der Waals surface area contributed by atoms with Gasteiger partial charge >= 0.3 is 0 Å². The van der Waals surface area contributed by atoms with Crippen molar-refractivity contribution in [3.63, 3.8) is 0 Å². The summed E-state index contributed by atoms with van der Waals surface area (Å²) in [6.45, 7) is 6.64. The predicted octanol–water partition coefficient (Wildman–Crippen LogP) is 1.92. The molecule has 7 nitrogen and oxygen atoms in total. The summed E-state index contributed by atoms with van der Waals surface area (Å²) in [4.78, 5) is 4.51. The average molecular weight is 339 g/mol. The van der Waals surface area contributed by atoms with E-state index >= 15 is 0 Å². The second-order valence-electron chi connectivity index (χ2n) is 5.66. The molecule has 0 bridgehead atoms. The van der Waals surface area contributed by atoms with Gasteiger partial charge in [0.05, 0.1) is 6.04 Å². The highest BCUT2D eigenvalue weighted by Gasteiger charge is 2.36. The number of hydrogen-bond acceptors (Lipinski definition) is 5. The van der Waals surface area contributed by atoms with E-state index < -0.39 is 10.0 Å². The van der Waals surface area contributed by atoms with Gasteiger partial charge in [-0.1, -0.05) is 0 Å². The van der Waals surface area contributed by atoms with Gasteiger partial charge in [-0.15, -0.1) is 0 Å². The molecular formula is C15H21N3O4S. The third-order valence-electron chi connectivity index (χ3n) is 4.03. The fraction of sp³-hybridized carbons (Fsp3) is 0.533. The van der Waals surface area contributed by atoms with Crippen LogP contribution in [0.5, 0.6) is 0 Å². The van der Waals surface area contributed by atoms with Crippen molar-refractivity contribution in [1.82, 2.24) is 14.3 Å². The van der Waals surface area contributed by atoms with E-state index in [4.69, 9.17) is 9.15 Å². The molecule has 0 aromatic carbocycles. The summed E-state index contributed by atoms with van der Waals surface area (Å²) >= 11 is 0. The summed E-state index contributed by atoms with van der Waals surface area (Å²) in [7, 11) is -3.66. The molecule has 1 aliphatic rings. The topological polar surface area (TPSA) is 86.4 Å². The summed E-state index contributed by atoms with van der Waals surface area (Å²) in [6.07, 6.45) is 3.80. The molecule has 2 aromatic heterocycles. The van der Waals surface area contributed by atoms with Crippen molar-refractivity contribution in [2.24, 2.45) is 0 Å². The number of nitrogens with one attached hydrogen (secondary N) is 1. The van der Waals surface area contributed by atoms with Crippen LogP contribution in [-0.2, 0) is 21.3 Å². The van der Waals surface area contributed by atoms with E-state index in [1.165, 1.54) is 6.07 Å². The van der Waals surface area contributed by atoms with Gasteiger partial charge in [-0.25, -0.2) is 18.1 Å². The van der Waals surface area contributed by atoms with E-state index in [0.717, 1.165) is 12.4 Å². The lowest BCUT2D eigenvalue weighted by atomic mass is 10.1. The Morgan fingerprint density at radius 1 is 1.43 bits per heavy atom. The third-order valence-corrected chi connectivity index (χ3v) is 5.62. The summed E-state index contributed by atoms with van der Waals surface area (Å²) in [6, 6.07) is 1.19. The second kappa shape index (κ2) is 6.10. The number of aryl methyl sites for hydroxylation is 3. The van der Waals surface area contributed by atoms with Gasteiger partial charge in [0.15, 0.2) is 0 Å². The number of ether oxygens (including phenoxy) is 1. The second-order valence-corrected chi connectivity index (χ2v) is 7.34. The summed E-state index contributed by atoms with van der Waals surface area (Å²) in [5, 5.41) is 0. The Labute approximate surface area is 135 Å². The molecule has 0 aliphatic carbocycles. The molecule has 2 atom stereocenters. The molecule has 3 heterocycles. The Hall–Kier alpha value is -1.64. The molecule has 3 rings (SSSR count). The zero-order valence-corrected chi connectivity index (χ0v) is 14.3. The maximum absolute atomic E-state index is 12.6. The predicted molar refractivity (Wildman–Crippen MR) is 83.5 cm³/mol. The number of imidazole rings is 1. The van der Waals surface area contributed by atoms with Gasteiger partial charge in [-0.3, -0.25) is 0 Å². The van der Waals surface area contributed by atoms with Crippen LogP contribution in [0, 0.1) is 13.8 Å². The highest BCUT2D eigenvalue weighted by molar-refractivity contribution is 7.89. The lowest BCUT2D eigenvalue weighted by Crippen LogP contribution is -2.37. The van der Waals surface area contributed by atoms with Crippen LogP contribution in [0.2, 0.25) is 0 Å². The van der Waals surface area contributed by atoms with Crippen LogP contribution in [0.15, 0.2) is 27.8 Å². The van der Waals surface area contributed by atoms with Crippen LogP contribution in [0.1, 0.15) is 36.8 Å². The van der Waals surface area contributed by atoms with Gasteiger partial charge in [0.1, 0.15) is 28.3 Å². The molecule has 8 heteroatoms. The summed E-state index contributed by atoms with van der Waals surface area (Å²) in [5.41, 5.74) is 0. The highest BCUT2D eigenvalue weighted by Crippen LogP contribution is 2.30. The lowest BCUT2D eigenvalue weighted by Gasteiger charge is -2.20. The zero-order chi connectivity index (χ0) is 16.6. The van der Waals surface area contributed by atoms with E-state index in [0.29, 0.717) is 24.5 Å². The minimum Gasteiger partial charge on any atom is -0.465 e. The maximum Gasteiger partial charge on any atom is 0.244 e. The molecule has 2 aromatic rings. The molecule has 0 spiro atoms. The molecule has 0 saturated carbocycles.